The van der Waals surface area contributed by atoms with Crippen molar-refractivity contribution in [3.63, 3.8) is 0 Å². The van der Waals surface area contributed by atoms with Crippen LogP contribution >= 0.6 is 11.6 Å². The molecule has 0 radical (unpaired) electrons. The molecular formula is C16H17ClN2O4S. The van der Waals surface area contributed by atoms with E-state index in [-0.39, 0.29) is 22.3 Å². The second-order valence-corrected chi connectivity index (χ2v) is 7.15. The second-order valence-electron chi connectivity index (χ2n) is 5.15. The Morgan fingerprint density at radius 3 is 2.38 bits per heavy atom. The van der Waals surface area contributed by atoms with Crippen molar-refractivity contribution < 1.29 is 17.9 Å². The fourth-order valence-electron chi connectivity index (χ4n) is 2.15. The van der Waals surface area contributed by atoms with Gasteiger partial charge in [-0.1, -0.05) is 23.7 Å². The van der Waals surface area contributed by atoms with Gasteiger partial charge in [-0.25, -0.2) is 13.6 Å². The van der Waals surface area contributed by atoms with Gasteiger partial charge in [-0.3, -0.25) is 4.79 Å². The Morgan fingerprint density at radius 1 is 1.21 bits per heavy atom. The molecular weight excluding hydrogens is 352 g/mol. The normalized spacial score (nSPS) is 12.5. The average Bonchev–Trinajstić information content (AvgIpc) is 2.53. The lowest BCUT2D eigenvalue weighted by Gasteiger charge is -2.16. The van der Waals surface area contributed by atoms with E-state index in [2.05, 4.69) is 5.32 Å². The summed E-state index contributed by atoms with van der Waals surface area (Å²) < 4.78 is 28.1. The number of sulfonamides is 1. The number of halogens is 1. The molecule has 2 aromatic carbocycles. The van der Waals surface area contributed by atoms with E-state index in [1.807, 2.05) is 0 Å². The van der Waals surface area contributed by atoms with Crippen molar-refractivity contribution in [2.45, 2.75) is 17.9 Å². The molecule has 8 heteroatoms. The number of rotatable bonds is 5. The van der Waals surface area contributed by atoms with Crippen molar-refractivity contribution in [1.29, 1.82) is 0 Å². The molecule has 24 heavy (non-hydrogen) atoms. The van der Waals surface area contributed by atoms with Crippen LogP contribution in [0.2, 0.25) is 5.02 Å². The third kappa shape index (κ3) is 4.25. The number of benzene rings is 2. The van der Waals surface area contributed by atoms with Gasteiger partial charge in [0.05, 0.1) is 23.6 Å². The maximum atomic E-state index is 12.5. The number of hydrogen-bond acceptors (Lipinski definition) is 4. The molecule has 0 aliphatic heterocycles. The maximum absolute atomic E-state index is 12.5. The zero-order valence-electron chi connectivity index (χ0n) is 13.1. The van der Waals surface area contributed by atoms with E-state index in [0.29, 0.717) is 5.02 Å². The number of carbonyl (C=O) groups excluding carboxylic acids is 1. The third-order valence-electron chi connectivity index (χ3n) is 3.46. The van der Waals surface area contributed by atoms with Crippen LogP contribution in [0.1, 0.15) is 28.9 Å². The summed E-state index contributed by atoms with van der Waals surface area (Å²) in [5.41, 5.74) is 0.944. The van der Waals surface area contributed by atoms with Gasteiger partial charge in [-0.05, 0) is 42.8 Å². The van der Waals surface area contributed by atoms with E-state index in [0.717, 1.165) is 5.56 Å². The predicted molar refractivity (Wildman–Crippen MR) is 91.7 cm³/mol. The van der Waals surface area contributed by atoms with Crippen LogP contribution in [-0.2, 0) is 10.0 Å². The number of carbonyl (C=O) groups is 1. The van der Waals surface area contributed by atoms with Gasteiger partial charge in [0.15, 0.2) is 0 Å². The molecule has 2 rings (SSSR count). The highest BCUT2D eigenvalue weighted by Crippen LogP contribution is 2.23. The summed E-state index contributed by atoms with van der Waals surface area (Å²) in [6, 6.07) is 10.6. The summed E-state index contributed by atoms with van der Waals surface area (Å²) in [6.45, 7) is 1.80. The van der Waals surface area contributed by atoms with Gasteiger partial charge in [-0.2, -0.15) is 0 Å². The Bertz CT molecular complexity index is 851. The third-order valence-corrected chi connectivity index (χ3v) is 4.62. The summed E-state index contributed by atoms with van der Waals surface area (Å²) in [5, 5.41) is 8.50. The van der Waals surface area contributed by atoms with Crippen LogP contribution in [0, 0.1) is 0 Å². The largest absolute Gasteiger partial charge is 0.496 e. The Labute approximate surface area is 145 Å². The summed E-state index contributed by atoms with van der Waals surface area (Å²) >= 11 is 5.85. The minimum Gasteiger partial charge on any atom is -0.496 e. The van der Waals surface area contributed by atoms with Crippen molar-refractivity contribution in [3.05, 3.63) is 58.6 Å². The van der Waals surface area contributed by atoms with E-state index < -0.39 is 15.9 Å². The predicted octanol–water partition coefficient (Wildman–Crippen LogP) is 2.49. The smallest absolute Gasteiger partial charge is 0.255 e. The molecule has 0 spiro atoms. The van der Waals surface area contributed by atoms with Crippen LogP contribution in [0.25, 0.3) is 0 Å². The highest BCUT2D eigenvalue weighted by molar-refractivity contribution is 7.89. The lowest BCUT2D eigenvalue weighted by atomic mass is 10.1. The van der Waals surface area contributed by atoms with Crippen molar-refractivity contribution in [2.75, 3.05) is 7.11 Å². The number of primary sulfonamides is 1. The molecule has 3 N–H and O–H groups in total. The van der Waals surface area contributed by atoms with Gasteiger partial charge in [-0.15, -0.1) is 0 Å². The number of nitrogens with one attached hydrogen (secondary N) is 1. The van der Waals surface area contributed by atoms with Crippen LogP contribution in [0.5, 0.6) is 5.75 Å². The van der Waals surface area contributed by atoms with E-state index >= 15 is 0 Å². The minimum absolute atomic E-state index is 0.0878. The Balaban J connectivity index is 2.29. The summed E-state index contributed by atoms with van der Waals surface area (Å²) in [5.74, 6) is -0.219. The molecule has 0 bridgehead atoms. The standard InChI is InChI=1S/C16H17ClN2O4S/c1-10(11-3-5-12(17)6-4-11)19-16(20)14-9-13(24(18,21)22)7-8-15(14)23-2/h3-10H,1-2H3,(H,19,20)(H2,18,21,22)/t10-/m1/s1. The molecule has 0 fully saturated rings. The second kappa shape index (κ2) is 7.21. The number of methoxy groups -OCH3 is 1. The average molecular weight is 369 g/mol. The molecule has 6 nitrogen and oxygen atoms in total. The highest BCUT2D eigenvalue weighted by atomic mass is 35.5. The Morgan fingerprint density at radius 2 is 1.83 bits per heavy atom. The van der Waals surface area contributed by atoms with E-state index in [4.69, 9.17) is 21.5 Å². The molecule has 0 aliphatic carbocycles. The first-order valence-corrected chi connectivity index (χ1v) is 8.92. The van der Waals surface area contributed by atoms with Crippen molar-refractivity contribution in [1.82, 2.24) is 5.32 Å². The molecule has 128 valence electrons. The molecule has 0 heterocycles. The van der Waals surface area contributed by atoms with Crippen LogP contribution in [0.3, 0.4) is 0 Å². The fraction of sp³-hybridized carbons (Fsp3) is 0.188. The fourth-order valence-corrected chi connectivity index (χ4v) is 2.82. The molecule has 0 unspecified atom stereocenters. The summed E-state index contributed by atoms with van der Waals surface area (Å²) in [4.78, 5) is 12.3. The van der Waals surface area contributed by atoms with Gasteiger partial charge >= 0.3 is 0 Å². The van der Waals surface area contributed by atoms with Crippen molar-refractivity contribution in [3.8, 4) is 5.75 Å². The van der Waals surface area contributed by atoms with Crippen molar-refractivity contribution >= 4 is 27.5 Å². The lowest BCUT2D eigenvalue weighted by Crippen LogP contribution is -2.27. The van der Waals surface area contributed by atoms with Gasteiger partial charge < -0.3 is 10.1 Å². The molecule has 0 aliphatic rings. The SMILES string of the molecule is COc1ccc(S(N)(=O)=O)cc1C(=O)N[C@H](C)c1ccc(Cl)cc1. The van der Waals surface area contributed by atoms with Crippen molar-refractivity contribution in [2.24, 2.45) is 5.14 Å². The summed E-state index contributed by atoms with van der Waals surface area (Å²) in [6.07, 6.45) is 0. The summed E-state index contributed by atoms with van der Waals surface area (Å²) in [7, 11) is -2.53. The lowest BCUT2D eigenvalue weighted by molar-refractivity contribution is 0.0936. The van der Waals surface area contributed by atoms with E-state index in [1.54, 1.807) is 31.2 Å². The van der Waals surface area contributed by atoms with Gasteiger partial charge in [0.25, 0.3) is 5.91 Å². The van der Waals surface area contributed by atoms with Crippen LogP contribution in [-0.4, -0.2) is 21.4 Å². The quantitative estimate of drug-likeness (QED) is 0.846. The zero-order chi connectivity index (χ0) is 17.9. The number of nitrogens with two attached hydrogens (primary N) is 1. The Hall–Kier alpha value is -2.09. The number of ether oxygens (including phenoxy) is 1. The molecule has 0 saturated heterocycles. The van der Waals surface area contributed by atoms with Gasteiger partial charge in [0.2, 0.25) is 10.0 Å². The molecule has 1 atom stereocenters. The Kier molecular flexibility index (Phi) is 5.48. The molecule has 1 amide bonds. The molecule has 0 aromatic heterocycles. The van der Waals surface area contributed by atoms with Gasteiger partial charge in [0, 0.05) is 5.02 Å². The highest BCUT2D eigenvalue weighted by Gasteiger charge is 2.19. The van der Waals surface area contributed by atoms with Crippen LogP contribution in [0.4, 0.5) is 0 Å². The van der Waals surface area contributed by atoms with E-state index in [9.17, 15) is 13.2 Å². The first kappa shape index (κ1) is 18.3. The minimum atomic E-state index is -3.92. The topological polar surface area (TPSA) is 98.5 Å². The van der Waals surface area contributed by atoms with E-state index in [1.165, 1.54) is 25.3 Å². The first-order chi connectivity index (χ1) is 11.2. The monoisotopic (exact) mass is 368 g/mol. The maximum Gasteiger partial charge on any atom is 0.255 e. The molecule has 0 saturated carbocycles. The number of hydrogen-bond donors (Lipinski definition) is 2. The van der Waals surface area contributed by atoms with Crippen LogP contribution < -0.4 is 15.2 Å². The van der Waals surface area contributed by atoms with Gasteiger partial charge in [0.1, 0.15) is 5.75 Å². The van der Waals surface area contributed by atoms with Crippen LogP contribution in [0.15, 0.2) is 47.4 Å². The molecule has 2 aromatic rings. The zero-order valence-corrected chi connectivity index (χ0v) is 14.7. The first-order valence-electron chi connectivity index (χ1n) is 6.99. The number of amides is 1.